The number of hydrogen-bond donors (Lipinski definition) is 2. The Morgan fingerprint density at radius 3 is 2.41 bits per heavy atom. The monoisotopic (exact) mass is 501 g/mol. The fourth-order valence-corrected chi connectivity index (χ4v) is 4.67. The number of aromatic nitrogens is 2. The summed E-state index contributed by atoms with van der Waals surface area (Å²) in [7, 11) is 0. The van der Waals surface area contributed by atoms with Crippen molar-refractivity contribution < 1.29 is 9.59 Å². The Morgan fingerprint density at radius 2 is 1.73 bits per heavy atom. The van der Waals surface area contributed by atoms with Crippen LogP contribution < -0.4 is 10.6 Å². The maximum atomic E-state index is 13.3. The zero-order valence-electron chi connectivity index (χ0n) is 22.5. The van der Waals surface area contributed by atoms with Gasteiger partial charge in [0.2, 0.25) is 5.91 Å². The molecule has 0 aliphatic heterocycles. The van der Waals surface area contributed by atoms with Crippen LogP contribution in [0.2, 0.25) is 0 Å². The summed E-state index contributed by atoms with van der Waals surface area (Å²) in [6, 6.07) is 19.7. The molecule has 1 aliphatic carbocycles. The molecule has 0 radical (unpaired) electrons. The SMILES string of the molecule is Cc1cccc(-n2nc(C(C)(C)C)cc2NC(=O)CN(Cc2ccccc2)C(=O)NC2CCCCC2)c1. The first-order valence-electron chi connectivity index (χ1n) is 13.3. The number of nitrogens with zero attached hydrogens (tertiary/aromatic N) is 3. The lowest BCUT2D eigenvalue weighted by Crippen LogP contribution is -2.47. The van der Waals surface area contributed by atoms with Crippen molar-refractivity contribution >= 4 is 17.8 Å². The van der Waals surface area contributed by atoms with Gasteiger partial charge >= 0.3 is 6.03 Å². The lowest BCUT2D eigenvalue weighted by atomic mass is 9.92. The van der Waals surface area contributed by atoms with Crippen molar-refractivity contribution in [3.05, 3.63) is 77.5 Å². The molecule has 7 heteroatoms. The topological polar surface area (TPSA) is 79.3 Å². The van der Waals surface area contributed by atoms with Crippen LogP contribution in [0.3, 0.4) is 0 Å². The summed E-state index contributed by atoms with van der Waals surface area (Å²) in [6.07, 6.45) is 5.45. The molecule has 0 saturated heterocycles. The summed E-state index contributed by atoms with van der Waals surface area (Å²) in [4.78, 5) is 28.2. The molecule has 4 rings (SSSR count). The van der Waals surface area contributed by atoms with Crippen LogP contribution >= 0.6 is 0 Å². The van der Waals surface area contributed by atoms with E-state index in [2.05, 4.69) is 31.4 Å². The minimum atomic E-state index is -0.260. The Labute approximate surface area is 220 Å². The molecule has 196 valence electrons. The number of aryl methyl sites for hydroxylation is 1. The molecule has 1 saturated carbocycles. The molecule has 3 aromatic rings. The number of benzene rings is 2. The number of anilines is 1. The van der Waals surface area contributed by atoms with Crippen LogP contribution in [0.4, 0.5) is 10.6 Å². The van der Waals surface area contributed by atoms with E-state index < -0.39 is 0 Å². The van der Waals surface area contributed by atoms with Gasteiger partial charge in [0, 0.05) is 24.1 Å². The van der Waals surface area contributed by atoms with Crippen LogP contribution in [0, 0.1) is 6.92 Å². The number of rotatable bonds is 7. The summed E-state index contributed by atoms with van der Waals surface area (Å²) in [6.45, 7) is 8.62. The van der Waals surface area contributed by atoms with Gasteiger partial charge in [0.05, 0.1) is 11.4 Å². The molecule has 0 bridgehead atoms. The third-order valence-electron chi connectivity index (χ3n) is 6.76. The highest BCUT2D eigenvalue weighted by Crippen LogP contribution is 2.27. The normalized spacial score (nSPS) is 14.3. The van der Waals surface area contributed by atoms with Crippen molar-refractivity contribution in [1.82, 2.24) is 20.0 Å². The molecule has 1 heterocycles. The summed E-state index contributed by atoms with van der Waals surface area (Å²) in [5.74, 6) is 0.330. The number of carbonyl (C=O) groups is 2. The van der Waals surface area contributed by atoms with E-state index in [0.29, 0.717) is 12.4 Å². The van der Waals surface area contributed by atoms with Gasteiger partial charge in [-0.25, -0.2) is 9.48 Å². The van der Waals surface area contributed by atoms with Crippen molar-refractivity contribution in [3.8, 4) is 5.69 Å². The Morgan fingerprint density at radius 1 is 1.00 bits per heavy atom. The van der Waals surface area contributed by atoms with Gasteiger partial charge < -0.3 is 15.5 Å². The van der Waals surface area contributed by atoms with Gasteiger partial charge in [-0.3, -0.25) is 4.79 Å². The quantitative estimate of drug-likeness (QED) is 0.419. The van der Waals surface area contributed by atoms with E-state index in [9.17, 15) is 9.59 Å². The first kappa shape index (κ1) is 26.5. The van der Waals surface area contributed by atoms with Gasteiger partial charge in [-0.1, -0.05) is 82.5 Å². The highest BCUT2D eigenvalue weighted by atomic mass is 16.2. The molecule has 2 aromatic carbocycles. The second-order valence-corrected chi connectivity index (χ2v) is 11.1. The van der Waals surface area contributed by atoms with Gasteiger partial charge in [-0.2, -0.15) is 5.10 Å². The van der Waals surface area contributed by atoms with Crippen molar-refractivity contribution in [2.24, 2.45) is 0 Å². The fraction of sp³-hybridized carbons (Fsp3) is 0.433. The number of amides is 3. The van der Waals surface area contributed by atoms with E-state index in [1.165, 1.54) is 6.42 Å². The Balaban J connectivity index is 1.54. The van der Waals surface area contributed by atoms with Crippen LogP contribution in [-0.2, 0) is 16.8 Å². The molecule has 1 fully saturated rings. The number of nitrogens with one attached hydrogen (secondary N) is 2. The summed E-state index contributed by atoms with van der Waals surface area (Å²) in [5, 5.41) is 11.0. The predicted octanol–water partition coefficient (Wildman–Crippen LogP) is 5.96. The van der Waals surface area contributed by atoms with Gasteiger partial charge in [0.15, 0.2) is 0 Å². The van der Waals surface area contributed by atoms with E-state index in [1.807, 2.05) is 67.6 Å². The highest BCUT2D eigenvalue weighted by molar-refractivity contribution is 5.94. The van der Waals surface area contributed by atoms with Gasteiger partial charge in [-0.15, -0.1) is 0 Å². The van der Waals surface area contributed by atoms with E-state index in [0.717, 1.165) is 48.2 Å². The third kappa shape index (κ3) is 7.21. The molecule has 1 aliphatic rings. The van der Waals surface area contributed by atoms with Crippen molar-refractivity contribution in [2.45, 2.75) is 77.8 Å². The number of urea groups is 1. The highest BCUT2D eigenvalue weighted by Gasteiger charge is 2.25. The second kappa shape index (κ2) is 11.6. The van der Waals surface area contributed by atoms with E-state index in [4.69, 9.17) is 5.10 Å². The molecular weight excluding hydrogens is 462 g/mol. The maximum absolute atomic E-state index is 13.3. The minimum Gasteiger partial charge on any atom is -0.335 e. The molecule has 1 aromatic heterocycles. The molecule has 37 heavy (non-hydrogen) atoms. The smallest absolute Gasteiger partial charge is 0.318 e. The minimum absolute atomic E-state index is 0.0582. The van der Waals surface area contributed by atoms with Gasteiger partial charge in [0.25, 0.3) is 0 Å². The first-order chi connectivity index (χ1) is 17.7. The van der Waals surface area contributed by atoms with Crippen molar-refractivity contribution in [1.29, 1.82) is 0 Å². The van der Waals surface area contributed by atoms with Crippen LogP contribution in [0.1, 0.15) is 69.7 Å². The molecule has 2 N–H and O–H groups in total. The van der Waals surface area contributed by atoms with E-state index >= 15 is 0 Å². The Hall–Kier alpha value is -3.61. The van der Waals surface area contributed by atoms with Crippen LogP contribution in [0.25, 0.3) is 5.69 Å². The number of carbonyl (C=O) groups excluding carboxylic acids is 2. The van der Waals surface area contributed by atoms with E-state index in [1.54, 1.807) is 9.58 Å². The zero-order valence-corrected chi connectivity index (χ0v) is 22.5. The van der Waals surface area contributed by atoms with Crippen LogP contribution in [0.15, 0.2) is 60.7 Å². The molecule has 0 spiro atoms. The molecule has 7 nitrogen and oxygen atoms in total. The Bertz CT molecular complexity index is 1210. The summed E-state index contributed by atoms with van der Waals surface area (Å²) >= 11 is 0. The lowest BCUT2D eigenvalue weighted by Gasteiger charge is -2.28. The lowest BCUT2D eigenvalue weighted by molar-refractivity contribution is -0.116. The van der Waals surface area contributed by atoms with Crippen LogP contribution in [-0.4, -0.2) is 39.2 Å². The average Bonchev–Trinajstić information content (AvgIpc) is 3.29. The maximum Gasteiger partial charge on any atom is 0.318 e. The Kier molecular flexibility index (Phi) is 8.31. The summed E-state index contributed by atoms with van der Waals surface area (Å²) < 4.78 is 1.77. The molecule has 0 unspecified atom stereocenters. The molecule has 0 atom stereocenters. The average molecular weight is 502 g/mol. The standard InChI is InChI=1S/C30H39N5O2/c1-22-12-11-17-25(18-22)35-27(19-26(33-35)30(2,3)4)32-28(36)21-34(20-23-13-7-5-8-14-23)29(37)31-24-15-9-6-10-16-24/h5,7-8,11-14,17-19,24H,6,9-10,15-16,20-21H2,1-4H3,(H,31,37)(H,32,36). The first-order valence-corrected chi connectivity index (χ1v) is 13.3. The van der Waals surface area contributed by atoms with E-state index in [-0.39, 0.29) is 29.9 Å². The second-order valence-electron chi connectivity index (χ2n) is 11.1. The largest absolute Gasteiger partial charge is 0.335 e. The zero-order chi connectivity index (χ0) is 26.4. The van der Waals surface area contributed by atoms with Gasteiger partial charge in [0.1, 0.15) is 12.4 Å². The number of hydrogen-bond acceptors (Lipinski definition) is 3. The van der Waals surface area contributed by atoms with Crippen molar-refractivity contribution in [3.63, 3.8) is 0 Å². The fourth-order valence-electron chi connectivity index (χ4n) is 4.67. The van der Waals surface area contributed by atoms with Crippen LogP contribution in [0.5, 0.6) is 0 Å². The third-order valence-corrected chi connectivity index (χ3v) is 6.76. The van der Waals surface area contributed by atoms with Gasteiger partial charge in [-0.05, 0) is 43.0 Å². The summed E-state index contributed by atoms with van der Waals surface area (Å²) in [5.41, 5.74) is 3.65. The predicted molar refractivity (Wildman–Crippen MR) is 148 cm³/mol. The molecule has 3 amide bonds. The molecular formula is C30H39N5O2. The van der Waals surface area contributed by atoms with Crippen molar-refractivity contribution in [2.75, 3.05) is 11.9 Å².